The lowest BCUT2D eigenvalue weighted by molar-refractivity contribution is -0.123. The molecule has 0 aromatic carbocycles. The lowest BCUT2D eigenvalue weighted by Crippen LogP contribution is -2.26. The molecular formula is C10H13N3O. The van der Waals surface area contributed by atoms with Gasteiger partial charge in [-0.1, -0.05) is 0 Å². The third-order valence-electron chi connectivity index (χ3n) is 1.94. The number of hydrogen-bond acceptors (Lipinski definition) is 2. The van der Waals surface area contributed by atoms with Crippen LogP contribution >= 0.6 is 0 Å². The van der Waals surface area contributed by atoms with Crippen molar-refractivity contribution >= 4 is 5.91 Å². The topological polar surface area (TPSA) is 38.1 Å². The van der Waals surface area contributed by atoms with Gasteiger partial charge in [0, 0.05) is 32.5 Å². The van der Waals surface area contributed by atoms with Gasteiger partial charge in [0.2, 0.25) is 0 Å². The number of aromatic nitrogens is 2. The molecule has 0 aliphatic rings. The number of carbonyl (C=O) groups excluding carboxylic acids is 1. The Kier molecular flexibility index (Phi) is 3.74. The maximum absolute atomic E-state index is 11.0. The second kappa shape index (κ2) is 5.07. The number of carbonyl (C=O) groups is 1. The van der Waals surface area contributed by atoms with E-state index < -0.39 is 0 Å². The maximum Gasteiger partial charge on any atom is 0.297 e. The van der Waals surface area contributed by atoms with E-state index in [-0.39, 0.29) is 5.91 Å². The van der Waals surface area contributed by atoms with Crippen LogP contribution in [-0.4, -0.2) is 34.0 Å². The lowest BCUT2D eigenvalue weighted by Gasteiger charge is -2.13. The van der Waals surface area contributed by atoms with Gasteiger partial charge in [0.1, 0.15) is 0 Å². The highest BCUT2D eigenvalue weighted by Gasteiger charge is 2.03. The van der Waals surface area contributed by atoms with Crippen molar-refractivity contribution in [2.24, 2.45) is 0 Å². The fourth-order valence-corrected chi connectivity index (χ4v) is 1.12. The van der Waals surface area contributed by atoms with E-state index in [4.69, 9.17) is 6.42 Å². The van der Waals surface area contributed by atoms with Crippen LogP contribution < -0.4 is 0 Å². The molecule has 0 N–H and O–H groups in total. The Morgan fingerprint density at radius 1 is 1.71 bits per heavy atom. The fourth-order valence-electron chi connectivity index (χ4n) is 1.12. The number of terminal acetylenes is 1. The first kappa shape index (κ1) is 10.3. The summed E-state index contributed by atoms with van der Waals surface area (Å²) in [6.07, 6.45) is 11.2. The van der Waals surface area contributed by atoms with Crippen LogP contribution in [-0.2, 0) is 11.3 Å². The molecule has 0 unspecified atom stereocenters. The molecule has 1 aromatic heterocycles. The van der Waals surface area contributed by atoms with E-state index >= 15 is 0 Å². The summed E-state index contributed by atoms with van der Waals surface area (Å²) in [6, 6.07) is 0. The van der Waals surface area contributed by atoms with E-state index in [2.05, 4.69) is 10.9 Å². The van der Waals surface area contributed by atoms with Crippen molar-refractivity contribution in [3.05, 3.63) is 18.7 Å². The predicted octanol–water partition coefficient (Wildman–Crippen LogP) is 0.365. The number of amides is 1. The summed E-state index contributed by atoms with van der Waals surface area (Å²) in [5.41, 5.74) is 0. The molecule has 4 nitrogen and oxygen atoms in total. The third kappa shape index (κ3) is 2.94. The molecule has 1 aromatic rings. The summed E-state index contributed by atoms with van der Waals surface area (Å²) in [7, 11) is 1.70. The molecule has 0 radical (unpaired) electrons. The number of rotatable bonds is 4. The minimum atomic E-state index is -0.268. The first-order valence-electron chi connectivity index (χ1n) is 4.41. The number of imidazole rings is 1. The fraction of sp³-hybridized carbons (Fsp3) is 0.400. The number of nitrogens with zero attached hydrogens (tertiary/aromatic N) is 3. The molecule has 0 saturated heterocycles. The van der Waals surface area contributed by atoms with Crippen LogP contribution in [0.25, 0.3) is 0 Å². The van der Waals surface area contributed by atoms with Crippen LogP contribution in [0.5, 0.6) is 0 Å². The van der Waals surface area contributed by atoms with E-state index in [1.54, 1.807) is 19.6 Å². The average molecular weight is 191 g/mol. The zero-order valence-corrected chi connectivity index (χ0v) is 8.18. The van der Waals surface area contributed by atoms with Crippen LogP contribution in [0.3, 0.4) is 0 Å². The molecule has 0 bridgehead atoms. The molecule has 0 fully saturated rings. The van der Waals surface area contributed by atoms with Gasteiger partial charge in [0.15, 0.2) is 0 Å². The zero-order valence-electron chi connectivity index (χ0n) is 8.18. The SMILES string of the molecule is C#CC(=O)N(C)CCCn1ccnc1. The molecule has 74 valence electrons. The predicted molar refractivity (Wildman–Crippen MR) is 53.3 cm³/mol. The van der Waals surface area contributed by atoms with Gasteiger partial charge in [-0.25, -0.2) is 4.98 Å². The van der Waals surface area contributed by atoms with Gasteiger partial charge in [0.25, 0.3) is 5.91 Å². The van der Waals surface area contributed by atoms with Gasteiger partial charge in [-0.2, -0.15) is 0 Å². The molecule has 0 spiro atoms. The van der Waals surface area contributed by atoms with E-state index in [1.165, 1.54) is 4.90 Å². The molecule has 1 rings (SSSR count). The molecule has 1 heterocycles. The summed E-state index contributed by atoms with van der Waals surface area (Å²) >= 11 is 0. The van der Waals surface area contributed by atoms with Gasteiger partial charge in [-0.3, -0.25) is 4.79 Å². The Morgan fingerprint density at radius 3 is 3.07 bits per heavy atom. The summed E-state index contributed by atoms with van der Waals surface area (Å²) in [4.78, 5) is 16.4. The summed E-state index contributed by atoms with van der Waals surface area (Å²) < 4.78 is 1.97. The first-order valence-corrected chi connectivity index (χ1v) is 4.41. The molecule has 4 heteroatoms. The largest absolute Gasteiger partial charge is 0.337 e. The highest BCUT2D eigenvalue weighted by atomic mass is 16.2. The second-order valence-corrected chi connectivity index (χ2v) is 3.03. The van der Waals surface area contributed by atoms with Crippen LogP contribution in [0.4, 0.5) is 0 Å². The van der Waals surface area contributed by atoms with Crippen LogP contribution in [0.2, 0.25) is 0 Å². The van der Waals surface area contributed by atoms with Crippen molar-refractivity contribution in [3.63, 3.8) is 0 Å². The minimum Gasteiger partial charge on any atom is -0.337 e. The smallest absolute Gasteiger partial charge is 0.297 e. The monoisotopic (exact) mass is 191 g/mol. The normalized spacial score (nSPS) is 9.43. The highest BCUT2D eigenvalue weighted by molar-refractivity contribution is 5.92. The average Bonchev–Trinajstić information content (AvgIpc) is 2.69. The van der Waals surface area contributed by atoms with Crippen LogP contribution in [0.15, 0.2) is 18.7 Å². The first-order chi connectivity index (χ1) is 6.74. The van der Waals surface area contributed by atoms with E-state index in [0.29, 0.717) is 6.54 Å². The Hall–Kier alpha value is -1.76. The zero-order chi connectivity index (χ0) is 10.4. The van der Waals surface area contributed by atoms with Gasteiger partial charge < -0.3 is 9.47 Å². The summed E-state index contributed by atoms with van der Waals surface area (Å²) in [5, 5.41) is 0. The molecule has 0 aliphatic heterocycles. The molecule has 0 aliphatic carbocycles. The van der Waals surface area contributed by atoms with Crippen molar-refractivity contribution in [2.75, 3.05) is 13.6 Å². The van der Waals surface area contributed by atoms with E-state index in [1.807, 2.05) is 10.8 Å². The standard InChI is InChI=1S/C10H13N3O/c1-3-10(14)12(2)6-4-7-13-8-5-11-9-13/h1,5,8-9H,4,6-7H2,2H3. The Balaban J connectivity index is 2.22. The number of aryl methyl sites for hydroxylation is 1. The Bertz CT molecular complexity index is 324. The lowest BCUT2D eigenvalue weighted by atomic mass is 10.4. The third-order valence-corrected chi connectivity index (χ3v) is 1.94. The van der Waals surface area contributed by atoms with Crippen LogP contribution in [0.1, 0.15) is 6.42 Å². The Labute approximate surface area is 83.5 Å². The molecule has 14 heavy (non-hydrogen) atoms. The van der Waals surface area contributed by atoms with Gasteiger partial charge in [0.05, 0.1) is 6.33 Å². The summed E-state index contributed by atoms with van der Waals surface area (Å²) in [5.74, 6) is 1.81. The van der Waals surface area contributed by atoms with Gasteiger partial charge in [-0.05, 0) is 12.3 Å². The van der Waals surface area contributed by atoms with Crippen molar-refractivity contribution < 1.29 is 4.79 Å². The van der Waals surface area contributed by atoms with Gasteiger partial charge in [-0.15, -0.1) is 6.42 Å². The minimum absolute atomic E-state index is 0.268. The van der Waals surface area contributed by atoms with Crippen LogP contribution in [0, 0.1) is 12.3 Å². The second-order valence-electron chi connectivity index (χ2n) is 3.03. The van der Waals surface area contributed by atoms with Crippen molar-refractivity contribution in [1.82, 2.24) is 14.5 Å². The molecule has 0 saturated carbocycles. The maximum atomic E-state index is 11.0. The van der Waals surface area contributed by atoms with Gasteiger partial charge >= 0.3 is 0 Å². The molecule has 1 amide bonds. The van der Waals surface area contributed by atoms with Crippen molar-refractivity contribution in [2.45, 2.75) is 13.0 Å². The van der Waals surface area contributed by atoms with E-state index in [0.717, 1.165) is 13.0 Å². The number of hydrogen-bond donors (Lipinski definition) is 0. The highest BCUT2D eigenvalue weighted by Crippen LogP contribution is 1.93. The van der Waals surface area contributed by atoms with Crippen molar-refractivity contribution in [1.29, 1.82) is 0 Å². The molecule has 0 atom stereocenters. The van der Waals surface area contributed by atoms with E-state index in [9.17, 15) is 4.79 Å². The Morgan fingerprint density at radius 2 is 2.50 bits per heavy atom. The summed E-state index contributed by atoms with van der Waals surface area (Å²) in [6.45, 7) is 1.52. The molecular weight excluding hydrogens is 178 g/mol. The van der Waals surface area contributed by atoms with Crippen molar-refractivity contribution in [3.8, 4) is 12.3 Å². The quantitative estimate of drug-likeness (QED) is 0.645.